The van der Waals surface area contributed by atoms with Crippen molar-refractivity contribution in [2.75, 3.05) is 38.5 Å². The molecule has 0 aromatic carbocycles. The zero-order valence-electron chi connectivity index (χ0n) is 12.3. The van der Waals surface area contributed by atoms with Gasteiger partial charge in [0.05, 0.1) is 5.75 Å². The Morgan fingerprint density at radius 2 is 1.85 bits per heavy atom. The molecule has 0 unspecified atom stereocenters. The van der Waals surface area contributed by atoms with Crippen LogP contribution in [0.2, 0.25) is 0 Å². The second kappa shape index (κ2) is 6.69. The number of hydrogen-bond donors (Lipinski definition) is 0. The van der Waals surface area contributed by atoms with E-state index in [-0.39, 0.29) is 5.75 Å². The van der Waals surface area contributed by atoms with Crippen LogP contribution < -0.4 is 0 Å². The summed E-state index contributed by atoms with van der Waals surface area (Å²) < 4.78 is 27.4. The van der Waals surface area contributed by atoms with Gasteiger partial charge in [0.1, 0.15) is 5.82 Å². The Kier molecular flexibility index (Phi) is 5.17. The van der Waals surface area contributed by atoms with Crippen LogP contribution in [0.3, 0.4) is 0 Å². The molecule has 0 bridgehead atoms. The zero-order chi connectivity index (χ0) is 14.6. The van der Waals surface area contributed by atoms with Crippen LogP contribution in [0, 0.1) is 0 Å². The van der Waals surface area contributed by atoms with Crippen LogP contribution in [0.1, 0.15) is 19.7 Å². The van der Waals surface area contributed by atoms with Gasteiger partial charge in [0, 0.05) is 58.1 Å². The number of hydrogen-bond acceptors (Lipinski definition) is 4. The van der Waals surface area contributed by atoms with Gasteiger partial charge in [0.2, 0.25) is 10.0 Å². The van der Waals surface area contributed by atoms with Gasteiger partial charge in [-0.05, 0) is 6.92 Å². The minimum Gasteiger partial charge on any atom is -0.334 e. The third-order valence-corrected chi connectivity index (χ3v) is 5.75. The molecule has 1 fully saturated rings. The third kappa shape index (κ3) is 3.59. The van der Waals surface area contributed by atoms with E-state index >= 15 is 0 Å². The van der Waals surface area contributed by atoms with Crippen LogP contribution in [0.5, 0.6) is 0 Å². The molecule has 2 heterocycles. The van der Waals surface area contributed by atoms with Gasteiger partial charge < -0.3 is 4.57 Å². The predicted molar refractivity (Wildman–Crippen MR) is 79.1 cm³/mol. The number of aromatic nitrogens is 2. The molecule has 0 amide bonds. The van der Waals surface area contributed by atoms with Gasteiger partial charge in [-0.2, -0.15) is 4.31 Å². The topological polar surface area (TPSA) is 58.4 Å². The molecule has 1 saturated heterocycles. The number of imidazole rings is 1. The first-order chi connectivity index (χ1) is 9.56. The van der Waals surface area contributed by atoms with E-state index in [0.29, 0.717) is 13.1 Å². The summed E-state index contributed by atoms with van der Waals surface area (Å²) in [5.41, 5.74) is 0. The second-order valence-electron chi connectivity index (χ2n) is 5.03. The summed E-state index contributed by atoms with van der Waals surface area (Å²) in [5, 5.41) is 0. The van der Waals surface area contributed by atoms with E-state index in [1.807, 2.05) is 12.4 Å². The van der Waals surface area contributed by atoms with E-state index < -0.39 is 10.0 Å². The Labute approximate surface area is 121 Å². The highest BCUT2D eigenvalue weighted by atomic mass is 32.2. The Hall–Kier alpha value is -0.920. The van der Waals surface area contributed by atoms with Crippen LogP contribution in [-0.2, 0) is 23.0 Å². The fraction of sp³-hybridized carbons (Fsp3) is 0.769. The summed E-state index contributed by atoms with van der Waals surface area (Å²) in [6, 6.07) is 0. The molecule has 0 aliphatic carbocycles. The average Bonchev–Trinajstić information content (AvgIpc) is 2.93. The van der Waals surface area contributed by atoms with Crippen molar-refractivity contribution >= 4 is 10.0 Å². The molecule has 1 aromatic heterocycles. The Morgan fingerprint density at radius 1 is 1.15 bits per heavy atom. The molecule has 0 N–H and O–H groups in total. The highest BCUT2D eigenvalue weighted by molar-refractivity contribution is 7.89. The highest BCUT2D eigenvalue weighted by Crippen LogP contribution is 2.08. The monoisotopic (exact) mass is 300 g/mol. The number of aryl methyl sites for hydroxylation is 1. The van der Waals surface area contributed by atoms with Crippen molar-refractivity contribution in [3.8, 4) is 0 Å². The number of piperazine rings is 1. The largest absolute Gasteiger partial charge is 0.334 e. The van der Waals surface area contributed by atoms with Crippen LogP contribution in [0.4, 0.5) is 0 Å². The van der Waals surface area contributed by atoms with Gasteiger partial charge in [-0.3, -0.25) is 4.90 Å². The second-order valence-corrected chi connectivity index (χ2v) is 7.29. The maximum absolute atomic E-state index is 11.8. The zero-order valence-corrected chi connectivity index (χ0v) is 13.1. The molecule has 0 saturated carbocycles. The maximum Gasteiger partial charge on any atom is 0.213 e. The molecular weight excluding hydrogens is 276 g/mol. The van der Waals surface area contributed by atoms with E-state index in [1.54, 1.807) is 11.2 Å². The highest BCUT2D eigenvalue weighted by Gasteiger charge is 2.25. The predicted octanol–water partition coefficient (Wildman–Crippen LogP) is 0.413. The Morgan fingerprint density at radius 3 is 2.45 bits per heavy atom. The van der Waals surface area contributed by atoms with Gasteiger partial charge >= 0.3 is 0 Å². The minimum absolute atomic E-state index is 0.196. The van der Waals surface area contributed by atoms with Crippen molar-refractivity contribution in [3.63, 3.8) is 0 Å². The molecule has 1 aromatic rings. The minimum atomic E-state index is -3.02. The van der Waals surface area contributed by atoms with E-state index in [4.69, 9.17) is 0 Å². The summed E-state index contributed by atoms with van der Waals surface area (Å²) in [4.78, 5) is 6.63. The lowest BCUT2D eigenvalue weighted by atomic mass is 10.3. The smallest absolute Gasteiger partial charge is 0.213 e. The molecule has 114 valence electrons. The lowest BCUT2D eigenvalue weighted by Crippen LogP contribution is -2.49. The van der Waals surface area contributed by atoms with Crippen molar-refractivity contribution in [1.29, 1.82) is 0 Å². The molecule has 2 rings (SSSR count). The van der Waals surface area contributed by atoms with E-state index in [1.165, 1.54) is 0 Å². The number of nitrogens with zero attached hydrogens (tertiary/aromatic N) is 4. The van der Waals surface area contributed by atoms with Crippen molar-refractivity contribution in [3.05, 3.63) is 18.2 Å². The van der Waals surface area contributed by atoms with Crippen LogP contribution in [0.25, 0.3) is 0 Å². The summed E-state index contributed by atoms with van der Waals surface area (Å²) in [5.74, 6) is 1.30. The van der Waals surface area contributed by atoms with Gasteiger partial charge in [0.25, 0.3) is 0 Å². The van der Waals surface area contributed by atoms with Crippen LogP contribution in [-0.4, -0.2) is 65.7 Å². The first-order valence-corrected chi connectivity index (χ1v) is 8.88. The summed E-state index contributed by atoms with van der Waals surface area (Å²) >= 11 is 0. The molecule has 0 atom stereocenters. The first kappa shape index (κ1) is 15.5. The Balaban J connectivity index is 1.80. The standard InChI is InChI=1S/C13H24N4O2S/c1-3-13-14-5-6-16(13)10-7-15-8-11-17(12-9-15)20(18,19)4-2/h5-6H,3-4,7-12H2,1-2H3. The fourth-order valence-electron chi connectivity index (χ4n) is 2.52. The van der Waals surface area contributed by atoms with Gasteiger partial charge in [-0.15, -0.1) is 0 Å². The Bertz CT molecular complexity index is 518. The summed E-state index contributed by atoms with van der Waals surface area (Å²) in [6.07, 6.45) is 4.79. The average molecular weight is 300 g/mol. The number of sulfonamides is 1. The molecule has 0 radical (unpaired) electrons. The van der Waals surface area contributed by atoms with Gasteiger partial charge in [0.15, 0.2) is 0 Å². The fourth-order valence-corrected chi connectivity index (χ4v) is 3.61. The normalized spacial score (nSPS) is 18.5. The quantitative estimate of drug-likeness (QED) is 0.764. The van der Waals surface area contributed by atoms with Gasteiger partial charge in [-0.1, -0.05) is 6.92 Å². The molecule has 1 aliphatic heterocycles. The lowest BCUT2D eigenvalue weighted by molar-refractivity contribution is 0.182. The molecular formula is C13H24N4O2S. The van der Waals surface area contributed by atoms with E-state index in [9.17, 15) is 8.42 Å². The molecule has 1 aliphatic rings. The maximum atomic E-state index is 11.8. The molecule has 7 heteroatoms. The molecule has 20 heavy (non-hydrogen) atoms. The number of rotatable bonds is 6. The lowest BCUT2D eigenvalue weighted by Gasteiger charge is -2.33. The van der Waals surface area contributed by atoms with Crippen molar-refractivity contribution in [1.82, 2.24) is 18.8 Å². The van der Waals surface area contributed by atoms with E-state index in [2.05, 4.69) is 21.4 Å². The molecule has 6 nitrogen and oxygen atoms in total. The first-order valence-electron chi connectivity index (χ1n) is 7.27. The SMILES string of the molecule is CCc1nccn1CCN1CCN(S(=O)(=O)CC)CC1. The third-order valence-electron chi connectivity index (χ3n) is 3.86. The van der Waals surface area contributed by atoms with Crippen molar-refractivity contribution in [2.24, 2.45) is 0 Å². The van der Waals surface area contributed by atoms with Crippen molar-refractivity contribution < 1.29 is 8.42 Å². The summed E-state index contributed by atoms with van der Waals surface area (Å²) in [6.45, 7) is 8.53. The van der Waals surface area contributed by atoms with Crippen LogP contribution >= 0.6 is 0 Å². The summed E-state index contributed by atoms with van der Waals surface area (Å²) in [7, 11) is -3.02. The van der Waals surface area contributed by atoms with E-state index in [0.717, 1.165) is 38.4 Å². The van der Waals surface area contributed by atoms with Crippen LogP contribution in [0.15, 0.2) is 12.4 Å². The van der Waals surface area contributed by atoms with Gasteiger partial charge in [-0.25, -0.2) is 13.4 Å². The molecule has 0 spiro atoms. The van der Waals surface area contributed by atoms with Crippen molar-refractivity contribution in [2.45, 2.75) is 26.8 Å².